The maximum Gasteiger partial charge on any atom is 0.131 e. The second kappa shape index (κ2) is 4.19. The standard InChI is InChI=1S/C12H14BNS/c1-3-9-12(8-13)15-11-7-5-4-6-10(11)14(9)2/h3-8H,13H2,1-2H3/b9-3+,12-8+. The molecule has 3 heteroatoms. The van der Waals surface area contributed by atoms with E-state index in [0.717, 1.165) is 0 Å². The lowest BCUT2D eigenvalue weighted by molar-refractivity contribution is 1.08. The topological polar surface area (TPSA) is 3.24 Å². The summed E-state index contributed by atoms with van der Waals surface area (Å²) < 4.78 is 0. The summed E-state index contributed by atoms with van der Waals surface area (Å²) in [5.41, 5.74) is 2.59. The lowest BCUT2D eigenvalue weighted by atomic mass is 10.1. The van der Waals surface area contributed by atoms with Gasteiger partial charge in [0.25, 0.3) is 0 Å². The molecule has 0 saturated carbocycles. The fraction of sp³-hybridized carbons (Fsp3) is 0.167. The minimum atomic E-state index is 1.29. The molecule has 1 aromatic carbocycles. The van der Waals surface area contributed by atoms with Gasteiger partial charge in [0.1, 0.15) is 7.85 Å². The first-order valence-electron chi connectivity index (χ1n) is 5.11. The number of hydrogen-bond acceptors (Lipinski definition) is 2. The number of thioether (sulfide) groups is 1. The van der Waals surface area contributed by atoms with Gasteiger partial charge >= 0.3 is 0 Å². The quantitative estimate of drug-likeness (QED) is 0.612. The van der Waals surface area contributed by atoms with Gasteiger partial charge in [0.05, 0.1) is 5.69 Å². The molecule has 0 aliphatic carbocycles. The molecule has 2 rings (SSSR count). The SMILES string of the molecule is B/C=C1/Sc2ccccc2N(C)/C1=C/C. The fourth-order valence-corrected chi connectivity index (χ4v) is 3.00. The molecule has 1 aromatic rings. The van der Waals surface area contributed by atoms with Crippen molar-refractivity contribution >= 4 is 25.3 Å². The van der Waals surface area contributed by atoms with Gasteiger partial charge in [-0.05, 0) is 19.1 Å². The molecule has 15 heavy (non-hydrogen) atoms. The van der Waals surface area contributed by atoms with Crippen LogP contribution in [0.4, 0.5) is 5.69 Å². The van der Waals surface area contributed by atoms with Gasteiger partial charge in [-0.1, -0.05) is 30.0 Å². The van der Waals surface area contributed by atoms with Gasteiger partial charge in [0, 0.05) is 22.5 Å². The van der Waals surface area contributed by atoms with Gasteiger partial charge in [-0.25, -0.2) is 0 Å². The molecule has 0 N–H and O–H groups in total. The normalized spacial score (nSPS) is 20.8. The first-order valence-corrected chi connectivity index (χ1v) is 5.93. The Kier molecular flexibility index (Phi) is 2.92. The summed E-state index contributed by atoms with van der Waals surface area (Å²) in [4.78, 5) is 4.92. The van der Waals surface area contributed by atoms with Crippen LogP contribution in [-0.2, 0) is 0 Å². The van der Waals surface area contributed by atoms with Gasteiger partial charge in [-0.3, -0.25) is 0 Å². The van der Waals surface area contributed by atoms with Gasteiger partial charge in [-0.15, -0.1) is 5.98 Å². The van der Waals surface area contributed by atoms with E-state index in [4.69, 9.17) is 0 Å². The number of rotatable bonds is 0. The van der Waals surface area contributed by atoms with Crippen LogP contribution < -0.4 is 4.90 Å². The van der Waals surface area contributed by atoms with Crippen molar-refractivity contribution in [3.63, 3.8) is 0 Å². The number of fused-ring (bicyclic) bond motifs is 1. The van der Waals surface area contributed by atoms with Crippen LogP contribution in [0.1, 0.15) is 6.92 Å². The molecule has 1 nitrogen and oxygen atoms in total. The van der Waals surface area contributed by atoms with Crippen molar-refractivity contribution in [2.45, 2.75) is 11.8 Å². The summed E-state index contributed by atoms with van der Waals surface area (Å²) >= 11 is 1.84. The van der Waals surface area contributed by atoms with Gasteiger partial charge in [-0.2, -0.15) is 0 Å². The zero-order chi connectivity index (χ0) is 10.8. The zero-order valence-corrected chi connectivity index (χ0v) is 10.1. The van der Waals surface area contributed by atoms with Crippen molar-refractivity contribution in [1.82, 2.24) is 0 Å². The van der Waals surface area contributed by atoms with Crippen LogP contribution in [0.25, 0.3) is 0 Å². The molecule has 76 valence electrons. The summed E-state index contributed by atoms with van der Waals surface area (Å²) in [5.74, 6) is 2.17. The summed E-state index contributed by atoms with van der Waals surface area (Å²) in [5, 5.41) is 0. The first kappa shape index (κ1) is 10.4. The minimum Gasteiger partial charge on any atom is -0.343 e. The van der Waals surface area contributed by atoms with Crippen LogP contribution in [0.5, 0.6) is 0 Å². The molecule has 0 spiro atoms. The maximum absolute atomic E-state index is 2.25. The summed E-state index contributed by atoms with van der Waals surface area (Å²) in [6.45, 7) is 2.09. The molecule has 1 aliphatic heterocycles. The molecular formula is C12H14BNS. The molecule has 1 heterocycles. The van der Waals surface area contributed by atoms with E-state index in [1.807, 2.05) is 11.8 Å². The molecule has 0 aromatic heterocycles. The van der Waals surface area contributed by atoms with Crippen LogP contribution in [0.2, 0.25) is 0 Å². The highest BCUT2D eigenvalue weighted by atomic mass is 32.2. The van der Waals surface area contributed by atoms with E-state index in [1.165, 1.54) is 21.2 Å². The smallest absolute Gasteiger partial charge is 0.131 e. The van der Waals surface area contributed by atoms with Crippen molar-refractivity contribution in [3.05, 3.63) is 46.9 Å². The van der Waals surface area contributed by atoms with Gasteiger partial charge in [0.15, 0.2) is 0 Å². The predicted octanol–water partition coefficient (Wildman–Crippen LogP) is 2.61. The van der Waals surface area contributed by atoms with Crippen molar-refractivity contribution in [1.29, 1.82) is 0 Å². The third-order valence-corrected chi connectivity index (χ3v) is 3.83. The second-order valence-electron chi connectivity index (χ2n) is 3.46. The van der Waals surface area contributed by atoms with Gasteiger partial charge < -0.3 is 4.90 Å². The van der Waals surface area contributed by atoms with Crippen LogP contribution in [0.3, 0.4) is 0 Å². The van der Waals surface area contributed by atoms with Crippen molar-refractivity contribution < 1.29 is 0 Å². The maximum atomic E-state index is 2.25. The van der Waals surface area contributed by atoms with Crippen molar-refractivity contribution in [2.75, 3.05) is 11.9 Å². The lowest BCUT2D eigenvalue weighted by Crippen LogP contribution is -2.21. The molecule has 0 saturated heterocycles. The monoisotopic (exact) mass is 215 g/mol. The molecule has 0 bridgehead atoms. The average Bonchev–Trinajstić information content (AvgIpc) is 2.29. The number of para-hydroxylation sites is 1. The Morgan fingerprint density at radius 1 is 1.33 bits per heavy atom. The lowest BCUT2D eigenvalue weighted by Gasteiger charge is -2.31. The third kappa shape index (κ3) is 1.72. The van der Waals surface area contributed by atoms with Crippen molar-refractivity contribution in [3.8, 4) is 0 Å². The highest BCUT2D eigenvalue weighted by Crippen LogP contribution is 2.44. The molecule has 0 atom stereocenters. The number of likely N-dealkylation sites (N-methyl/N-ethyl adjacent to an activating group) is 1. The molecule has 0 unspecified atom stereocenters. The highest BCUT2D eigenvalue weighted by molar-refractivity contribution is 8.03. The number of anilines is 1. The Balaban J connectivity index is 2.55. The summed E-state index contributed by atoms with van der Waals surface area (Å²) in [6.07, 6.45) is 2.16. The molecule has 0 radical (unpaired) electrons. The zero-order valence-electron chi connectivity index (χ0n) is 9.32. The molecular weight excluding hydrogens is 201 g/mol. The van der Waals surface area contributed by atoms with Crippen LogP contribution in [0, 0.1) is 0 Å². The molecule has 0 fully saturated rings. The van der Waals surface area contributed by atoms with E-state index in [1.54, 1.807) is 0 Å². The third-order valence-electron chi connectivity index (χ3n) is 2.60. The summed E-state index contributed by atoms with van der Waals surface area (Å²) in [7, 11) is 4.21. The number of nitrogens with zero attached hydrogens (tertiary/aromatic N) is 1. The van der Waals surface area contributed by atoms with Crippen molar-refractivity contribution in [2.24, 2.45) is 0 Å². The number of hydrogen-bond donors (Lipinski definition) is 0. The van der Waals surface area contributed by atoms with E-state index in [2.05, 4.69) is 63.0 Å². The number of benzene rings is 1. The van der Waals surface area contributed by atoms with E-state index < -0.39 is 0 Å². The first-order chi connectivity index (χ1) is 7.27. The predicted molar refractivity (Wildman–Crippen MR) is 71.1 cm³/mol. The Hall–Kier alpha value is -1.09. The molecule has 1 aliphatic rings. The average molecular weight is 215 g/mol. The van der Waals surface area contributed by atoms with Crippen LogP contribution >= 0.6 is 11.8 Å². The minimum absolute atomic E-state index is 1.29. The van der Waals surface area contributed by atoms with E-state index >= 15 is 0 Å². The largest absolute Gasteiger partial charge is 0.343 e. The Labute approximate surface area is 96.3 Å². The molecule has 0 amide bonds. The highest BCUT2D eigenvalue weighted by Gasteiger charge is 2.20. The van der Waals surface area contributed by atoms with Crippen LogP contribution in [0.15, 0.2) is 51.8 Å². The number of allylic oxidation sites excluding steroid dienone is 1. The van der Waals surface area contributed by atoms with E-state index in [-0.39, 0.29) is 0 Å². The second-order valence-corrected chi connectivity index (χ2v) is 4.54. The van der Waals surface area contributed by atoms with E-state index in [9.17, 15) is 0 Å². The Morgan fingerprint density at radius 3 is 2.73 bits per heavy atom. The van der Waals surface area contributed by atoms with Gasteiger partial charge in [0.2, 0.25) is 0 Å². The summed E-state index contributed by atoms with van der Waals surface area (Å²) in [6, 6.07) is 8.52. The Bertz CT molecular complexity index is 437. The fourth-order valence-electron chi connectivity index (χ4n) is 1.83. The Morgan fingerprint density at radius 2 is 2.07 bits per heavy atom. The van der Waals surface area contributed by atoms with E-state index in [0.29, 0.717) is 0 Å². The van der Waals surface area contributed by atoms with Crippen LogP contribution in [-0.4, -0.2) is 14.9 Å².